The van der Waals surface area contributed by atoms with Crippen LogP contribution in [-0.4, -0.2) is 62.0 Å². The maximum atomic E-state index is 12.8. The van der Waals surface area contributed by atoms with Crippen LogP contribution in [0.15, 0.2) is 41.3 Å². The number of sulfonamides is 1. The van der Waals surface area contributed by atoms with Gasteiger partial charge in [0.05, 0.1) is 4.90 Å². The van der Waals surface area contributed by atoms with Crippen LogP contribution in [0.25, 0.3) is 10.8 Å². The largest absolute Gasteiger partial charge is 0.381 e. The Morgan fingerprint density at radius 3 is 2.13 bits per heavy atom. The summed E-state index contributed by atoms with van der Waals surface area (Å²) >= 11 is 0. The van der Waals surface area contributed by atoms with Crippen LogP contribution >= 0.6 is 0 Å². The molecule has 8 heteroatoms. The Labute approximate surface area is 180 Å². The van der Waals surface area contributed by atoms with E-state index in [1.807, 2.05) is 43.3 Å². The summed E-state index contributed by atoms with van der Waals surface area (Å²) in [5.41, 5.74) is 6.39. The molecule has 0 fully saturated rings. The lowest BCUT2D eigenvalue weighted by molar-refractivity contribution is 0.102. The number of anilines is 1. The van der Waals surface area contributed by atoms with E-state index in [4.69, 9.17) is 15.2 Å². The molecule has 2 rings (SSSR count). The number of nitrogens with one attached hydrogen (secondary N) is 1. The van der Waals surface area contributed by atoms with E-state index >= 15 is 0 Å². The van der Waals surface area contributed by atoms with Gasteiger partial charge >= 0.3 is 0 Å². The highest BCUT2D eigenvalue weighted by Crippen LogP contribution is 2.30. The van der Waals surface area contributed by atoms with E-state index in [1.165, 1.54) is 0 Å². The molecule has 0 spiro atoms. The predicted octanol–water partition coefficient (Wildman–Crippen LogP) is 2.74. The van der Waals surface area contributed by atoms with Crippen molar-refractivity contribution in [2.75, 3.05) is 58.5 Å². The van der Waals surface area contributed by atoms with Crippen molar-refractivity contribution >= 4 is 26.5 Å². The molecule has 0 aliphatic rings. The molecule has 0 bridgehead atoms. The Kier molecular flexibility index (Phi) is 10.5. The number of benzene rings is 2. The minimum Gasteiger partial charge on any atom is -0.381 e. The Morgan fingerprint density at radius 2 is 1.47 bits per heavy atom. The third-order valence-corrected chi connectivity index (χ3v) is 6.23. The highest BCUT2D eigenvalue weighted by molar-refractivity contribution is 7.89. The summed E-state index contributed by atoms with van der Waals surface area (Å²) in [7, 11) is 0.304. The van der Waals surface area contributed by atoms with E-state index in [0.29, 0.717) is 44.2 Å². The first-order valence-electron chi connectivity index (χ1n) is 10.5. The van der Waals surface area contributed by atoms with Gasteiger partial charge in [-0.3, -0.25) is 0 Å². The van der Waals surface area contributed by atoms with Crippen LogP contribution in [0.3, 0.4) is 0 Å². The lowest BCUT2D eigenvalue weighted by atomic mass is 10.1. The van der Waals surface area contributed by atoms with Gasteiger partial charge in [0.2, 0.25) is 10.0 Å². The smallest absolute Gasteiger partial charge is 0.241 e. The van der Waals surface area contributed by atoms with Crippen molar-refractivity contribution in [2.45, 2.75) is 30.6 Å². The normalized spacial score (nSPS) is 11.8. The van der Waals surface area contributed by atoms with Crippen molar-refractivity contribution in [1.29, 1.82) is 0 Å². The van der Waals surface area contributed by atoms with Gasteiger partial charge in [0.1, 0.15) is 0 Å². The number of nitrogens with two attached hydrogens (primary N) is 1. The number of ether oxygens (including phenoxy) is 2. The molecule has 168 valence electrons. The molecule has 0 unspecified atom stereocenters. The summed E-state index contributed by atoms with van der Waals surface area (Å²) in [5.74, 6) is 0. The second-order valence-corrected chi connectivity index (χ2v) is 9.08. The topological polar surface area (TPSA) is 93.9 Å². The van der Waals surface area contributed by atoms with E-state index in [1.54, 1.807) is 12.1 Å². The highest BCUT2D eigenvalue weighted by atomic mass is 32.2. The number of fused-ring (bicyclic) bond motifs is 1. The van der Waals surface area contributed by atoms with Crippen LogP contribution in [0.2, 0.25) is 0 Å². The van der Waals surface area contributed by atoms with E-state index < -0.39 is 10.0 Å². The van der Waals surface area contributed by atoms with Crippen LogP contribution in [0.5, 0.6) is 0 Å². The van der Waals surface area contributed by atoms with E-state index in [0.717, 1.165) is 42.3 Å². The third-order valence-electron chi connectivity index (χ3n) is 4.71. The quantitative estimate of drug-likeness (QED) is 0.416. The van der Waals surface area contributed by atoms with E-state index in [-0.39, 0.29) is 0 Å². The monoisotopic (exact) mass is 437 g/mol. The Bertz CT molecular complexity index is 872. The number of nitrogens with zero attached hydrogens (tertiary/aromatic N) is 1. The maximum Gasteiger partial charge on any atom is 0.241 e. The van der Waals surface area contributed by atoms with Crippen LogP contribution in [-0.2, 0) is 19.5 Å². The number of hydrogen-bond acceptors (Lipinski definition) is 6. The fourth-order valence-corrected chi connectivity index (χ4v) is 4.44. The SMILES string of the molecule is CN(C)c1cccc2c(S(=O)(=O)NCCCOCCCCOCCCN)cccc12. The average molecular weight is 438 g/mol. The second-order valence-electron chi connectivity index (χ2n) is 7.35. The van der Waals surface area contributed by atoms with Crippen molar-refractivity contribution < 1.29 is 17.9 Å². The van der Waals surface area contributed by atoms with Gasteiger partial charge < -0.3 is 20.1 Å². The molecule has 0 saturated carbocycles. The first-order valence-corrected chi connectivity index (χ1v) is 12.0. The number of unbranched alkanes of at least 4 members (excludes halogenated alkanes) is 1. The van der Waals surface area contributed by atoms with Gasteiger partial charge in [-0.2, -0.15) is 0 Å². The van der Waals surface area contributed by atoms with E-state index in [9.17, 15) is 8.42 Å². The second kappa shape index (κ2) is 12.9. The minimum atomic E-state index is -3.59. The molecule has 30 heavy (non-hydrogen) atoms. The van der Waals surface area contributed by atoms with Crippen molar-refractivity contribution in [3.05, 3.63) is 36.4 Å². The van der Waals surface area contributed by atoms with Crippen molar-refractivity contribution in [1.82, 2.24) is 4.72 Å². The molecule has 3 N–H and O–H groups in total. The zero-order valence-corrected chi connectivity index (χ0v) is 18.9. The molecule has 0 aliphatic heterocycles. The number of hydrogen-bond donors (Lipinski definition) is 2. The maximum absolute atomic E-state index is 12.8. The molecule has 0 amide bonds. The summed E-state index contributed by atoms with van der Waals surface area (Å²) < 4.78 is 39.4. The molecular weight excluding hydrogens is 402 g/mol. The molecule has 0 aliphatic carbocycles. The first kappa shape index (κ1) is 24.6. The lowest BCUT2D eigenvalue weighted by Gasteiger charge is -2.17. The number of rotatable bonds is 15. The van der Waals surface area contributed by atoms with Gasteiger partial charge in [0.15, 0.2) is 0 Å². The van der Waals surface area contributed by atoms with Crippen molar-refractivity contribution in [2.24, 2.45) is 5.73 Å². The van der Waals surface area contributed by atoms with Gasteiger partial charge in [-0.05, 0) is 44.4 Å². The molecule has 0 atom stereocenters. The Morgan fingerprint density at radius 1 is 0.867 bits per heavy atom. The van der Waals surface area contributed by atoms with Crippen molar-refractivity contribution in [3.63, 3.8) is 0 Å². The summed E-state index contributed by atoms with van der Waals surface area (Å²) in [5, 5.41) is 1.64. The zero-order chi connectivity index (χ0) is 21.8. The molecule has 0 heterocycles. The molecule has 0 radical (unpaired) electrons. The molecule has 2 aromatic rings. The summed E-state index contributed by atoms with van der Waals surface area (Å²) in [6.45, 7) is 3.62. The Balaban J connectivity index is 1.76. The molecular formula is C22H35N3O4S. The third kappa shape index (κ3) is 7.52. The van der Waals surface area contributed by atoms with Crippen LogP contribution in [0.1, 0.15) is 25.7 Å². The minimum absolute atomic E-state index is 0.305. The molecule has 7 nitrogen and oxygen atoms in total. The predicted molar refractivity (Wildman–Crippen MR) is 123 cm³/mol. The van der Waals surface area contributed by atoms with Crippen molar-refractivity contribution in [3.8, 4) is 0 Å². The fourth-order valence-electron chi connectivity index (χ4n) is 3.15. The summed E-state index contributed by atoms with van der Waals surface area (Å²) in [6, 6.07) is 11.1. The molecule has 0 saturated heterocycles. The molecule has 2 aromatic carbocycles. The standard InChI is InChI=1S/C22H35N3O4S/c1-25(2)21-11-5-10-20-19(21)9-6-12-22(20)30(26,27)24-14-8-18-29-16-4-3-15-28-17-7-13-23/h5-6,9-12,24H,3-4,7-8,13-18,23H2,1-2H3. The zero-order valence-electron chi connectivity index (χ0n) is 18.1. The lowest BCUT2D eigenvalue weighted by Crippen LogP contribution is -2.26. The highest BCUT2D eigenvalue weighted by Gasteiger charge is 2.17. The first-order chi connectivity index (χ1) is 14.5. The fraction of sp³-hybridized carbons (Fsp3) is 0.545. The van der Waals surface area contributed by atoms with Crippen LogP contribution in [0, 0.1) is 0 Å². The van der Waals surface area contributed by atoms with Gasteiger partial charge in [-0.1, -0.05) is 24.3 Å². The van der Waals surface area contributed by atoms with Crippen LogP contribution in [0.4, 0.5) is 5.69 Å². The summed E-state index contributed by atoms with van der Waals surface area (Å²) in [4.78, 5) is 2.29. The van der Waals surface area contributed by atoms with E-state index in [2.05, 4.69) is 4.72 Å². The van der Waals surface area contributed by atoms with Crippen LogP contribution < -0.4 is 15.4 Å². The van der Waals surface area contributed by atoms with Gasteiger partial charge in [0.25, 0.3) is 0 Å². The Hall–Kier alpha value is -1.71. The average Bonchev–Trinajstić information content (AvgIpc) is 2.73. The van der Waals surface area contributed by atoms with Gasteiger partial charge in [-0.15, -0.1) is 0 Å². The summed E-state index contributed by atoms with van der Waals surface area (Å²) in [6.07, 6.45) is 3.40. The van der Waals surface area contributed by atoms with Gasteiger partial charge in [0, 0.05) is 63.5 Å². The van der Waals surface area contributed by atoms with Gasteiger partial charge in [-0.25, -0.2) is 13.1 Å². The molecule has 0 aromatic heterocycles.